The summed E-state index contributed by atoms with van der Waals surface area (Å²) in [5.74, 6) is 0. The maximum Gasteiger partial charge on any atom is 0.0205 e. The van der Waals surface area contributed by atoms with E-state index in [0.717, 1.165) is 26.1 Å². The van der Waals surface area contributed by atoms with Crippen molar-refractivity contribution in [2.45, 2.75) is 13.0 Å². The molecule has 3 nitrogen and oxygen atoms in total. The number of nitrogens with one attached hydrogen (secondary N) is 1. The van der Waals surface area contributed by atoms with Gasteiger partial charge in [0.05, 0.1) is 0 Å². The van der Waals surface area contributed by atoms with E-state index in [9.17, 15) is 0 Å². The second-order valence-electron chi connectivity index (χ2n) is 5.03. The minimum absolute atomic E-state index is 0.918. The molecule has 106 valence electrons. The van der Waals surface area contributed by atoms with Gasteiger partial charge in [-0.1, -0.05) is 36.4 Å². The molecule has 0 amide bonds. The lowest BCUT2D eigenvalue weighted by Crippen LogP contribution is -2.20. The summed E-state index contributed by atoms with van der Waals surface area (Å²) in [5, 5.41) is 6.08. The molecule has 0 radical (unpaired) electrons. The third kappa shape index (κ3) is 4.28. The van der Waals surface area contributed by atoms with E-state index >= 15 is 0 Å². The predicted octanol–water partition coefficient (Wildman–Crippen LogP) is 2.68. The first-order chi connectivity index (χ1) is 9.79. The van der Waals surface area contributed by atoms with Gasteiger partial charge in [0.25, 0.3) is 0 Å². The zero-order valence-electron chi connectivity index (χ0n) is 12.0. The molecule has 0 bridgehead atoms. The lowest BCUT2D eigenvalue weighted by molar-refractivity contribution is 0.434. The van der Waals surface area contributed by atoms with Crippen molar-refractivity contribution in [2.24, 2.45) is 5.73 Å². The molecule has 0 spiro atoms. The minimum atomic E-state index is 0.918. The summed E-state index contributed by atoms with van der Waals surface area (Å²) in [6.45, 7) is 2.94. The maximum absolute atomic E-state index is 5.34. The van der Waals surface area contributed by atoms with Gasteiger partial charge in [0.2, 0.25) is 0 Å². The number of rotatable bonds is 7. The van der Waals surface area contributed by atoms with Gasteiger partial charge in [0, 0.05) is 32.5 Å². The average Bonchev–Trinajstić information content (AvgIpc) is 2.47. The summed E-state index contributed by atoms with van der Waals surface area (Å²) in [4.78, 5) is 2.09. The van der Waals surface area contributed by atoms with Gasteiger partial charge < -0.3 is 16.0 Å². The van der Waals surface area contributed by atoms with Crippen molar-refractivity contribution in [3.8, 4) is 0 Å². The second-order valence-corrected chi connectivity index (χ2v) is 5.03. The fourth-order valence-corrected chi connectivity index (χ4v) is 2.26. The highest BCUT2D eigenvalue weighted by Gasteiger charge is 1.96. The van der Waals surface area contributed by atoms with Crippen LogP contribution in [0.1, 0.15) is 12.0 Å². The number of hydrogen-bond acceptors (Lipinski definition) is 3. The Morgan fingerprint density at radius 2 is 1.95 bits per heavy atom. The number of nitrogens with zero attached hydrogens (tertiary/aromatic N) is 1. The van der Waals surface area contributed by atoms with Crippen molar-refractivity contribution in [2.75, 3.05) is 20.1 Å². The topological polar surface area (TPSA) is 41.3 Å². The fraction of sp³-hybridized carbons (Fsp3) is 0.294. The Labute approximate surface area is 121 Å². The zero-order valence-corrected chi connectivity index (χ0v) is 12.0. The molecule has 0 saturated carbocycles. The Hall–Kier alpha value is -2.00. The summed E-state index contributed by atoms with van der Waals surface area (Å²) >= 11 is 0. The number of fused-ring (bicyclic) bond motifs is 1. The van der Waals surface area contributed by atoms with E-state index in [1.165, 1.54) is 16.3 Å². The first-order valence-electron chi connectivity index (χ1n) is 7.06. The van der Waals surface area contributed by atoms with Gasteiger partial charge in [-0.15, -0.1) is 0 Å². The molecule has 0 aromatic heterocycles. The third-order valence-electron chi connectivity index (χ3n) is 3.35. The molecule has 3 heteroatoms. The van der Waals surface area contributed by atoms with E-state index in [-0.39, 0.29) is 0 Å². The molecule has 0 unspecified atom stereocenters. The van der Waals surface area contributed by atoms with Gasteiger partial charge in [-0.3, -0.25) is 0 Å². The molecule has 2 rings (SSSR count). The number of hydrogen-bond donors (Lipinski definition) is 2. The van der Waals surface area contributed by atoms with Crippen LogP contribution in [0.25, 0.3) is 10.8 Å². The summed E-state index contributed by atoms with van der Waals surface area (Å²) in [6.07, 6.45) is 4.57. The van der Waals surface area contributed by atoms with Crippen molar-refractivity contribution in [1.82, 2.24) is 10.2 Å². The molecule has 0 atom stereocenters. The molecule has 2 aromatic carbocycles. The van der Waals surface area contributed by atoms with Crippen LogP contribution in [0.5, 0.6) is 0 Å². The first kappa shape index (κ1) is 14.4. The van der Waals surface area contributed by atoms with Crippen molar-refractivity contribution in [3.05, 3.63) is 60.4 Å². The van der Waals surface area contributed by atoms with Crippen molar-refractivity contribution in [3.63, 3.8) is 0 Å². The van der Waals surface area contributed by atoms with Gasteiger partial charge >= 0.3 is 0 Å². The zero-order chi connectivity index (χ0) is 14.2. The van der Waals surface area contributed by atoms with Crippen LogP contribution in [0.3, 0.4) is 0 Å². The summed E-state index contributed by atoms with van der Waals surface area (Å²) < 4.78 is 0. The lowest BCUT2D eigenvalue weighted by atomic mass is 10.1. The molecule has 0 aliphatic rings. The van der Waals surface area contributed by atoms with Crippen LogP contribution in [0.2, 0.25) is 0 Å². The highest BCUT2D eigenvalue weighted by molar-refractivity contribution is 5.82. The average molecular weight is 269 g/mol. The van der Waals surface area contributed by atoms with E-state index < -0.39 is 0 Å². The van der Waals surface area contributed by atoms with Crippen LogP contribution in [-0.2, 0) is 6.54 Å². The standard InChI is InChI=1S/C17H23N3/c1-20(12-9-18)11-4-10-19-14-15-7-8-16-5-2-3-6-17(16)13-15/h2-3,5-9,12-13,19H,4,10-11,14,18H2,1H3/b12-9-. The highest BCUT2D eigenvalue weighted by atomic mass is 15.1. The van der Waals surface area contributed by atoms with Gasteiger partial charge in [-0.25, -0.2) is 0 Å². The van der Waals surface area contributed by atoms with Crippen LogP contribution in [-0.4, -0.2) is 25.0 Å². The molecular formula is C17H23N3. The SMILES string of the molecule is CN(/C=C\N)CCCNCc1ccc2ccccc2c1. The minimum Gasteiger partial charge on any atom is -0.403 e. The molecule has 3 N–H and O–H groups in total. The summed E-state index contributed by atoms with van der Waals surface area (Å²) in [5.41, 5.74) is 6.68. The Morgan fingerprint density at radius 3 is 2.75 bits per heavy atom. The van der Waals surface area contributed by atoms with E-state index in [0.29, 0.717) is 0 Å². The third-order valence-corrected chi connectivity index (χ3v) is 3.35. The van der Waals surface area contributed by atoms with Crippen LogP contribution in [0.4, 0.5) is 0 Å². The van der Waals surface area contributed by atoms with Crippen LogP contribution >= 0.6 is 0 Å². The first-order valence-corrected chi connectivity index (χ1v) is 7.06. The van der Waals surface area contributed by atoms with E-state index in [1.54, 1.807) is 6.20 Å². The number of benzene rings is 2. The van der Waals surface area contributed by atoms with Crippen molar-refractivity contribution < 1.29 is 0 Å². The molecule has 0 fully saturated rings. The largest absolute Gasteiger partial charge is 0.403 e. The van der Waals surface area contributed by atoms with Gasteiger partial charge in [0.1, 0.15) is 0 Å². The fourth-order valence-electron chi connectivity index (χ4n) is 2.26. The van der Waals surface area contributed by atoms with Crippen molar-refractivity contribution in [1.29, 1.82) is 0 Å². The summed E-state index contributed by atoms with van der Waals surface area (Å²) in [7, 11) is 2.03. The Bertz CT molecular complexity index is 563. The normalized spacial score (nSPS) is 11.2. The van der Waals surface area contributed by atoms with Crippen LogP contribution in [0, 0.1) is 0 Å². The second kappa shape index (κ2) is 7.56. The quantitative estimate of drug-likeness (QED) is 0.759. The van der Waals surface area contributed by atoms with Gasteiger partial charge in [-0.2, -0.15) is 0 Å². The van der Waals surface area contributed by atoms with Crippen LogP contribution < -0.4 is 11.1 Å². The molecule has 0 saturated heterocycles. The predicted molar refractivity (Wildman–Crippen MR) is 86.2 cm³/mol. The van der Waals surface area contributed by atoms with Crippen molar-refractivity contribution >= 4 is 10.8 Å². The molecule has 0 heterocycles. The Kier molecular flexibility index (Phi) is 5.44. The van der Waals surface area contributed by atoms with Crippen LogP contribution in [0.15, 0.2) is 54.9 Å². The smallest absolute Gasteiger partial charge is 0.0205 e. The summed E-state index contributed by atoms with van der Waals surface area (Å²) in [6, 6.07) is 15.1. The van der Waals surface area contributed by atoms with E-state index in [2.05, 4.69) is 52.7 Å². The Balaban J connectivity index is 1.75. The Morgan fingerprint density at radius 1 is 1.15 bits per heavy atom. The highest BCUT2D eigenvalue weighted by Crippen LogP contribution is 2.15. The monoisotopic (exact) mass is 269 g/mol. The number of nitrogens with two attached hydrogens (primary N) is 1. The molecule has 0 aliphatic heterocycles. The molecule has 20 heavy (non-hydrogen) atoms. The molecule has 2 aromatic rings. The van der Waals surface area contributed by atoms with E-state index in [1.807, 2.05) is 13.2 Å². The lowest BCUT2D eigenvalue weighted by Gasteiger charge is -2.13. The maximum atomic E-state index is 5.34. The molecule has 0 aliphatic carbocycles. The van der Waals surface area contributed by atoms with E-state index in [4.69, 9.17) is 5.73 Å². The molecular weight excluding hydrogens is 246 g/mol. The van der Waals surface area contributed by atoms with Gasteiger partial charge in [-0.05, 0) is 35.4 Å². The van der Waals surface area contributed by atoms with Gasteiger partial charge in [0.15, 0.2) is 0 Å².